The number of nitrogens with zero attached hydrogens (tertiary/aromatic N) is 3. The molecule has 0 saturated carbocycles. The maximum atomic E-state index is 16.5. The number of fused-ring (bicyclic) bond motifs is 1. The predicted octanol–water partition coefficient (Wildman–Crippen LogP) is 3.96. The van der Waals surface area contributed by atoms with Gasteiger partial charge in [0.25, 0.3) is 0 Å². The summed E-state index contributed by atoms with van der Waals surface area (Å²) in [6.07, 6.45) is 3.31. The minimum atomic E-state index is -2.56. The van der Waals surface area contributed by atoms with E-state index in [-0.39, 0.29) is 17.2 Å². The smallest absolute Gasteiger partial charge is 0.409 e. The number of halogens is 2. The van der Waals surface area contributed by atoms with Crippen LogP contribution in [0.25, 0.3) is 16.9 Å². The molecule has 4 heterocycles. The Kier molecular flexibility index (Phi) is 7.09. The number of hydrogen-bond donors (Lipinski definition) is 1. The average Bonchev–Trinajstić information content (AvgIpc) is 3.28. The van der Waals surface area contributed by atoms with Gasteiger partial charge in [-0.1, -0.05) is 24.3 Å². The summed E-state index contributed by atoms with van der Waals surface area (Å²) in [7, 11) is 2.48. The van der Waals surface area contributed by atoms with Crippen molar-refractivity contribution in [3.05, 3.63) is 83.1 Å². The fourth-order valence-corrected chi connectivity index (χ4v) is 4.99. The lowest BCUT2D eigenvalue weighted by molar-refractivity contribution is -0.135. The number of esters is 1. The predicted molar refractivity (Wildman–Crippen MR) is 138 cm³/mol. The zero-order chi connectivity index (χ0) is 27.7. The van der Waals surface area contributed by atoms with E-state index < -0.39 is 23.8 Å². The van der Waals surface area contributed by atoms with Crippen LogP contribution in [0.3, 0.4) is 0 Å². The number of alkyl halides is 1. The van der Waals surface area contributed by atoms with E-state index in [0.29, 0.717) is 43.0 Å². The van der Waals surface area contributed by atoms with E-state index in [1.54, 1.807) is 23.1 Å². The van der Waals surface area contributed by atoms with E-state index in [1.807, 2.05) is 29.7 Å². The quantitative estimate of drug-likeness (QED) is 0.388. The summed E-state index contributed by atoms with van der Waals surface area (Å²) in [5, 5.41) is 2.22. The molecule has 1 aromatic carbocycles. The second-order valence-corrected chi connectivity index (χ2v) is 9.42. The Bertz CT molecular complexity index is 1500. The van der Waals surface area contributed by atoms with Crippen LogP contribution in [0, 0.1) is 6.92 Å². The Morgan fingerprint density at radius 1 is 1.23 bits per heavy atom. The van der Waals surface area contributed by atoms with Crippen LogP contribution in [0.5, 0.6) is 0 Å². The summed E-state index contributed by atoms with van der Waals surface area (Å²) in [5.74, 6) is -4.44. The molecule has 1 fully saturated rings. The largest absolute Gasteiger partial charge is 0.465 e. The highest BCUT2D eigenvalue weighted by Crippen LogP contribution is 2.39. The van der Waals surface area contributed by atoms with E-state index in [9.17, 15) is 14.0 Å². The molecule has 0 bridgehead atoms. The molecule has 2 aromatic heterocycles. The van der Waals surface area contributed by atoms with Gasteiger partial charge in [0.2, 0.25) is 5.79 Å². The number of rotatable bonds is 5. The molecule has 3 aromatic rings. The van der Waals surface area contributed by atoms with Crippen LogP contribution in [-0.2, 0) is 31.2 Å². The van der Waals surface area contributed by atoms with Gasteiger partial charge in [0, 0.05) is 36.4 Å². The van der Waals surface area contributed by atoms with Gasteiger partial charge in [-0.05, 0) is 30.7 Å². The highest BCUT2D eigenvalue weighted by atomic mass is 19.2. The summed E-state index contributed by atoms with van der Waals surface area (Å²) in [4.78, 5) is 30.7. The first-order chi connectivity index (χ1) is 18.7. The molecule has 1 unspecified atom stereocenters. The fourth-order valence-electron chi connectivity index (χ4n) is 4.99. The van der Waals surface area contributed by atoms with Crippen LogP contribution in [0.4, 0.5) is 13.6 Å². The Labute approximate surface area is 223 Å². The number of carbonyl (C=O) groups excluding carboxylic acids is 2. The van der Waals surface area contributed by atoms with E-state index in [1.165, 1.54) is 13.2 Å². The number of imidazole rings is 1. The lowest BCUT2D eigenvalue weighted by Gasteiger charge is -2.32. The number of aryl methyl sites for hydroxylation is 1. The third-order valence-electron chi connectivity index (χ3n) is 6.81. The fraction of sp³-hybridized carbons (Fsp3) is 0.321. The number of pyridine rings is 1. The molecule has 11 heteroatoms. The SMILES string of the molecule is COC(=O)C1=CC(F)(c2ccccc2-c2nc3cc(C)ccn3c2C[C@H]2CN(C(=O)OC)CCO2)NC(F)=C1. The van der Waals surface area contributed by atoms with Crippen molar-refractivity contribution in [3.63, 3.8) is 0 Å². The second-order valence-electron chi connectivity index (χ2n) is 9.42. The van der Waals surface area contributed by atoms with Crippen LogP contribution < -0.4 is 5.32 Å². The molecule has 2 atom stereocenters. The maximum Gasteiger partial charge on any atom is 0.409 e. The summed E-state index contributed by atoms with van der Waals surface area (Å²) in [5.41, 5.74) is 3.03. The lowest BCUT2D eigenvalue weighted by atomic mass is 9.91. The Morgan fingerprint density at radius 2 is 2.03 bits per heavy atom. The van der Waals surface area contributed by atoms with Crippen LogP contribution in [0.15, 0.2) is 66.3 Å². The minimum Gasteiger partial charge on any atom is -0.465 e. The van der Waals surface area contributed by atoms with Crippen molar-refractivity contribution in [1.29, 1.82) is 0 Å². The monoisotopic (exact) mass is 538 g/mol. The van der Waals surface area contributed by atoms with E-state index >= 15 is 4.39 Å². The molecular formula is C28H28F2N4O5. The van der Waals surface area contributed by atoms with E-state index in [2.05, 4.69) is 5.32 Å². The molecule has 2 aliphatic heterocycles. The molecule has 1 saturated heterocycles. The van der Waals surface area contributed by atoms with Crippen LogP contribution in [-0.4, -0.2) is 66.4 Å². The molecule has 1 amide bonds. The van der Waals surface area contributed by atoms with Gasteiger partial charge in [0.05, 0.1) is 50.4 Å². The molecule has 204 valence electrons. The van der Waals surface area contributed by atoms with Gasteiger partial charge in [-0.15, -0.1) is 0 Å². The van der Waals surface area contributed by atoms with Crippen molar-refractivity contribution in [1.82, 2.24) is 19.6 Å². The Balaban J connectivity index is 1.62. The summed E-state index contributed by atoms with van der Waals surface area (Å²) < 4.78 is 48.5. The van der Waals surface area contributed by atoms with Gasteiger partial charge in [-0.3, -0.25) is 0 Å². The zero-order valence-electron chi connectivity index (χ0n) is 21.7. The Hall–Kier alpha value is -4.25. The van der Waals surface area contributed by atoms with E-state index in [0.717, 1.165) is 30.5 Å². The number of amides is 1. The lowest BCUT2D eigenvalue weighted by Crippen LogP contribution is -2.46. The van der Waals surface area contributed by atoms with Crippen molar-refractivity contribution in [2.75, 3.05) is 33.9 Å². The van der Waals surface area contributed by atoms with Crippen molar-refractivity contribution in [2.24, 2.45) is 0 Å². The third kappa shape index (κ3) is 5.09. The molecule has 0 spiro atoms. The zero-order valence-corrected chi connectivity index (χ0v) is 21.7. The van der Waals surface area contributed by atoms with Gasteiger partial charge in [-0.2, -0.15) is 4.39 Å². The van der Waals surface area contributed by atoms with Gasteiger partial charge in [0.1, 0.15) is 5.65 Å². The highest BCUT2D eigenvalue weighted by Gasteiger charge is 2.38. The topological polar surface area (TPSA) is 94.4 Å². The standard InChI is InChI=1S/C28H28F2N4O5/c1-17-8-9-34-22(14-19-16-33(10-11-39-19)27(36)38-3)25(31-24(34)12-17)20-6-4-5-7-21(20)28(30)15-18(26(35)37-2)13-23(29)32-28/h4-9,12-13,15,19,32H,10-11,14,16H2,1-3H3/t19-,28?/m0/s1. The van der Waals surface area contributed by atoms with Crippen molar-refractivity contribution in [2.45, 2.75) is 25.2 Å². The summed E-state index contributed by atoms with van der Waals surface area (Å²) in [6, 6.07) is 10.4. The summed E-state index contributed by atoms with van der Waals surface area (Å²) >= 11 is 0. The van der Waals surface area contributed by atoms with Crippen LogP contribution >= 0.6 is 0 Å². The molecule has 2 aliphatic rings. The first-order valence-corrected chi connectivity index (χ1v) is 12.4. The highest BCUT2D eigenvalue weighted by molar-refractivity contribution is 5.92. The van der Waals surface area contributed by atoms with E-state index in [4.69, 9.17) is 19.2 Å². The number of carbonyl (C=O) groups is 2. The number of hydrogen-bond acceptors (Lipinski definition) is 7. The number of methoxy groups -OCH3 is 2. The maximum absolute atomic E-state index is 16.5. The molecule has 0 aliphatic carbocycles. The van der Waals surface area contributed by atoms with Crippen molar-refractivity contribution in [3.8, 4) is 11.3 Å². The molecule has 0 radical (unpaired) electrons. The first-order valence-electron chi connectivity index (χ1n) is 12.4. The molecule has 1 N–H and O–H groups in total. The molecule has 5 rings (SSSR count). The van der Waals surface area contributed by atoms with Crippen LogP contribution in [0.1, 0.15) is 16.8 Å². The second kappa shape index (κ2) is 10.5. The van der Waals surface area contributed by atoms with Gasteiger partial charge in [-0.25, -0.2) is 19.0 Å². The van der Waals surface area contributed by atoms with Crippen molar-refractivity contribution >= 4 is 17.7 Å². The number of benzene rings is 1. The van der Waals surface area contributed by atoms with Gasteiger partial charge >= 0.3 is 12.1 Å². The number of ether oxygens (including phenoxy) is 3. The molecule has 9 nitrogen and oxygen atoms in total. The number of morpholine rings is 1. The first kappa shape index (κ1) is 26.4. The number of aromatic nitrogens is 2. The van der Waals surface area contributed by atoms with Gasteiger partial charge < -0.3 is 28.8 Å². The Morgan fingerprint density at radius 3 is 2.79 bits per heavy atom. The minimum absolute atomic E-state index is 0.0665. The number of nitrogens with one attached hydrogen (secondary N) is 1. The number of dihydropyridines is 1. The summed E-state index contributed by atoms with van der Waals surface area (Å²) in [6.45, 7) is 3.00. The van der Waals surface area contributed by atoms with Gasteiger partial charge in [0.15, 0.2) is 5.95 Å². The third-order valence-corrected chi connectivity index (χ3v) is 6.81. The molecular weight excluding hydrogens is 510 g/mol. The van der Waals surface area contributed by atoms with Crippen LogP contribution in [0.2, 0.25) is 0 Å². The average molecular weight is 539 g/mol. The normalized spacial score (nSPS) is 21.2. The van der Waals surface area contributed by atoms with Crippen molar-refractivity contribution < 1.29 is 32.6 Å². The molecule has 39 heavy (non-hydrogen) atoms.